The summed E-state index contributed by atoms with van der Waals surface area (Å²) in [5.74, 6) is -2.68. The molecule has 0 saturated heterocycles. The van der Waals surface area contributed by atoms with Gasteiger partial charge in [0.05, 0.1) is 18.4 Å². The van der Waals surface area contributed by atoms with Gasteiger partial charge in [0, 0.05) is 20.0 Å². The minimum Gasteiger partial charge on any atom is -0.465 e. The highest BCUT2D eigenvalue weighted by Gasteiger charge is 2.18. The Morgan fingerprint density at radius 1 is 1.38 bits per heavy atom. The van der Waals surface area contributed by atoms with E-state index >= 15 is 0 Å². The van der Waals surface area contributed by atoms with Crippen LogP contribution in [-0.4, -0.2) is 34.4 Å². The molecular weight excluding hydrogens is 282 g/mol. The van der Waals surface area contributed by atoms with Gasteiger partial charge in [-0.05, 0) is 12.1 Å². The van der Waals surface area contributed by atoms with Gasteiger partial charge in [-0.3, -0.25) is 4.68 Å². The Balaban J connectivity index is 2.04. The predicted octanol–water partition coefficient (Wildman–Crippen LogP) is 1.53. The first-order chi connectivity index (χ1) is 10.0. The summed E-state index contributed by atoms with van der Waals surface area (Å²) in [5, 5.41) is 6.81. The standard InChI is InChI=1S/C13H14F2N4O2/c1-19-7-17-10(18-19)5-6-16-9-4-3-8(13(20)21-2)11(14)12(9)15/h3-4,7,16H,5-6H2,1-2H3. The summed E-state index contributed by atoms with van der Waals surface area (Å²) < 4.78 is 33.4. The van der Waals surface area contributed by atoms with E-state index in [1.54, 1.807) is 18.1 Å². The summed E-state index contributed by atoms with van der Waals surface area (Å²) in [6, 6.07) is 2.46. The number of anilines is 1. The van der Waals surface area contributed by atoms with Crippen LogP contribution in [0.1, 0.15) is 16.2 Å². The Kier molecular flexibility index (Phi) is 4.46. The van der Waals surface area contributed by atoms with Gasteiger partial charge in [0.2, 0.25) is 0 Å². The summed E-state index contributed by atoms with van der Waals surface area (Å²) in [4.78, 5) is 15.2. The van der Waals surface area contributed by atoms with Gasteiger partial charge < -0.3 is 10.1 Å². The highest BCUT2D eigenvalue weighted by atomic mass is 19.2. The first-order valence-electron chi connectivity index (χ1n) is 6.17. The molecule has 0 aliphatic carbocycles. The van der Waals surface area contributed by atoms with E-state index in [0.717, 1.165) is 7.11 Å². The molecule has 1 heterocycles. The Labute approximate surface area is 119 Å². The van der Waals surface area contributed by atoms with Crippen molar-refractivity contribution < 1.29 is 18.3 Å². The van der Waals surface area contributed by atoms with E-state index in [9.17, 15) is 13.6 Å². The molecule has 1 aromatic carbocycles. The number of halogens is 2. The van der Waals surface area contributed by atoms with Crippen molar-refractivity contribution in [3.8, 4) is 0 Å². The Bertz CT molecular complexity index is 658. The number of benzene rings is 1. The van der Waals surface area contributed by atoms with Crippen molar-refractivity contribution in [2.24, 2.45) is 7.05 Å². The summed E-state index contributed by atoms with van der Waals surface area (Å²) in [6.45, 7) is 0.331. The average Bonchev–Trinajstić information content (AvgIpc) is 2.88. The van der Waals surface area contributed by atoms with Crippen LogP contribution in [0.15, 0.2) is 18.5 Å². The minimum absolute atomic E-state index is 0.0314. The van der Waals surface area contributed by atoms with Crippen LogP contribution >= 0.6 is 0 Å². The maximum atomic E-state index is 13.8. The van der Waals surface area contributed by atoms with E-state index in [-0.39, 0.29) is 5.69 Å². The van der Waals surface area contributed by atoms with Crippen molar-refractivity contribution in [2.75, 3.05) is 19.0 Å². The number of nitrogens with zero attached hydrogens (tertiary/aromatic N) is 3. The van der Waals surface area contributed by atoms with Crippen molar-refractivity contribution in [1.29, 1.82) is 0 Å². The van der Waals surface area contributed by atoms with Crippen LogP contribution in [0, 0.1) is 11.6 Å². The maximum absolute atomic E-state index is 13.8. The molecule has 2 aromatic rings. The Morgan fingerprint density at radius 2 is 2.14 bits per heavy atom. The summed E-state index contributed by atoms with van der Waals surface area (Å²) in [7, 11) is 2.84. The van der Waals surface area contributed by atoms with Crippen LogP contribution in [-0.2, 0) is 18.2 Å². The smallest absolute Gasteiger partial charge is 0.340 e. The van der Waals surface area contributed by atoms with Crippen molar-refractivity contribution in [2.45, 2.75) is 6.42 Å². The van der Waals surface area contributed by atoms with Gasteiger partial charge in [-0.25, -0.2) is 18.6 Å². The number of aromatic nitrogens is 3. The molecule has 0 aliphatic heterocycles. The molecule has 1 N–H and O–H groups in total. The van der Waals surface area contributed by atoms with E-state index < -0.39 is 23.2 Å². The van der Waals surface area contributed by atoms with Gasteiger partial charge in [-0.1, -0.05) is 0 Å². The summed E-state index contributed by atoms with van der Waals surface area (Å²) in [5.41, 5.74) is -0.469. The van der Waals surface area contributed by atoms with Gasteiger partial charge in [0.15, 0.2) is 17.5 Å². The fourth-order valence-electron chi connectivity index (χ4n) is 1.76. The Hall–Kier alpha value is -2.51. The van der Waals surface area contributed by atoms with Crippen LogP contribution in [0.2, 0.25) is 0 Å². The molecule has 0 spiro atoms. The number of nitrogens with one attached hydrogen (secondary N) is 1. The summed E-state index contributed by atoms with van der Waals surface area (Å²) in [6.07, 6.45) is 2.02. The lowest BCUT2D eigenvalue weighted by Crippen LogP contribution is -2.11. The first-order valence-corrected chi connectivity index (χ1v) is 6.17. The molecule has 112 valence electrons. The molecule has 2 rings (SSSR count). The molecule has 0 aliphatic rings. The lowest BCUT2D eigenvalue weighted by Gasteiger charge is -2.09. The van der Waals surface area contributed by atoms with Gasteiger partial charge in [0.1, 0.15) is 6.33 Å². The van der Waals surface area contributed by atoms with Gasteiger partial charge in [-0.2, -0.15) is 5.10 Å². The van der Waals surface area contributed by atoms with Crippen LogP contribution in [0.5, 0.6) is 0 Å². The lowest BCUT2D eigenvalue weighted by atomic mass is 10.1. The second kappa shape index (κ2) is 6.29. The third kappa shape index (κ3) is 3.33. The predicted molar refractivity (Wildman–Crippen MR) is 70.9 cm³/mol. The van der Waals surface area contributed by atoms with E-state index in [0.29, 0.717) is 18.8 Å². The molecule has 8 heteroatoms. The van der Waals surface area contributed by atoms with E-state index in [4.69, 9.17) is 0 Å². The van der Waals surface area contributed by atoms with Gasteiger partial charge in [-0.15, -0.1) is 0 Å². The van der Waals surface area contributed by atoms with E-state index in [2.05, 4.69) is 20.1 Å². The summed E-state index contributed by atoms with van der Waals surface area (Å²) >= 11 is 0. The number of esters is 1. The Morgan fingerprint density at radius 3 is 2.76 bits per heavy atom. The molecule has 0 radical (unpaired) electrons. The molecule has 1 aromatic heterocycles. The SMILES string of the molecule is COC(=O)c1ccc(NCCc2ncn(C)n2)c(F)c1F. The minimum atomic E-state index is -1.23. The fraction of sp³-hybridized carbons (Fsp3) is 0.308. The zero-order chi connectivity index (χ0) is 15.4. The monoisotopic (exact) mass is 296 g/mol. The van der Waals surface area contributed by atoms with Gasteiger partial charge in [0.25, 0.3) is 0 Å². The number of rotatable bonds is 5. The van der Waals surface area contributed by atoms with Crippen LogP contribution < -0.4 is 5.32 Å². The zero-order valence-corrected chi connectivity index (χ0v) is 11.6. The maximum Gasteiger partial charge on any atom is 0.340 e. The van der Waals surface area contributed by atoms with Crippen molar-refractivity contribution in [3.05, 3.63) is 41.5 Å². The third-order valence-electron chi connectivity index (χ3n) is 2.80. The molecule has 0 amide bonds. The topological polar surface area (TPSA) is 69.0 Å². The van der Waals surface area contributed by atoms with E-state index in [1.165, 1.54) is 12.1 Å². The quantitative estimate of drug-likeness (QED) is 0.848. The molecule has 0 fully saturated rings. The second-order valence-corrected chi connectivity index (χ2v) is 4.29. The molecule has 0 saturated carbocycles. The van der Waals surface area contributed by atoms with Crippen LogP contribution in [0.3, 0.4) is 0 Å². The van der Waals surface area contributed by atoms with Crippen molar-refractivity contribution in [3.63, 3.8) is 0 Å². The third-order valence-corrected chi connectivity index (χ3v) is 2.80. The number of aryl methyl sites for hydroxylation is 1. The zero-order valence-electron chi connectivity index (χ0n) is 11.6. The van der Waals surface area contributed by atoms with Gasteiger partial charge >= 0.3 is 5.97 Å². The van der Waals surface area contributed by atoms with Crippen LogP contribution in [0.4, 0.5) is 14.5 Å². The number of methoxy groups -OCH3 is 1. The van der Waals surface area contributed by atoms with E-state index in [1.807, 2.05) is 0 Å². The lowest BCUT2D eigenvalue weighted by molar-refractivity contribution is 0.0594. The molecule has 0 unspecified atom stereocenters. The highest BCUT2D eigenvalue weighted by molar-refractivity contribution is 5.90. The van der Waals surface area contributed by atoms with Crippen LogP contribution in [0.25, 0.3) is 0 Å². The second-order valence-electron chi connectivity index (χ2n) is 4.29. The number of ether oxygens (including phenoxy) is 1. The average molecular weight is 296 g/mol. The molecule has 6 nitrogen and oxygen atoms in total. The molecular formula is C13H14F2N4O2. The number of carbonyl (C=O) groups excluding carboxylic acids is 1. The molecule has 21 heavy (non-hydrogen) atoms. The fourth-order valence-corrected chi connectivity index (χ4v) is 1.76. The first kappa shape index (κ1) is 14.9. The molecule has 0 bridgehead atoms. The normalized spacial score (nSPS) is 10.5. The highest BCUT2D eigenvalue weighted by Crippen LogP contribution is 2.21. The molecule has 0 atom stereocenters. The largest absolute Gasteiger partial charge is 0.465 e. The van der Waals surface area contributed by atoms with Crippen molar-refractivity contribution in [1.82, 2.24) is 14.8 Å². The van der Waals surface area contributed by atoms with Crippen molar-refractivity contribution >= 4 is 11.7 Å². The number of hydrogen-bond donors (Lipinski definition) is 1. The number of carbonyl (C=O) groups is 1. The number of hydrogen-bond acceptors (Lipinski definition) is 5.